The number of carbonyl (C=O) groups excluding carboxylic acids is 1. The molecule has 2 aromatic carbocycles. The second-order valence-corrected chi connectivity index (χ2v) is 8.09. The van der Waals surface area contributed by atoms with Gasteiger partial charge < -0.3 is 9.73 Å². The molecule has 146 valence electrons. The number of halogens is 2. The number of para-hydroxylation sites is 1. The SMILES string of the molecule is O=C(Nc1ccccc1Sc1nc(Cl)nn1Cc1ccccc1)c1ccc(Br)o1. The Morgan fingerprint density at radius 1 is 1.10 bits per heavy atom. The number of amides is 1. The lowest BCUT2D eigenvalue weighted by Gasteiger charge is -2.10. The van der Waals surface area contributed by atoms with Gasteiger partial charge in [0.2, 0.25) is 5.28 Å². The van der Waals surface area contributed by atoms with E-state index in [-0.39, 0.29) is 17.0 Å². The van der Waals surface area contributed by atoms with Crippen molar-refractivity contribution in [2.45, 2.75) is 16.6 Å². The zero-order valence-electron chi connectivity index (χ0n) is 14.9. The van der Waals surface area contributed by atoms with Crippen LogP contribution in [-0.2, 0) is 6.54 Å². The molecule has 0 spiro atoms. The maximum Gasteiger partial charge on any atom is 0.291 e. The molecule has 2 aromatic heterocycles. The zero-order chi connectivity index (χ0) is 20.2. The largest absolute Gasteiger partial charge is 0.444 e. The standard InChI is InChI=1S/C20H14BrClN4O2S/c21-17-11-10-15(28-17)18(27)23-14-8-4-5-9-16(14)29-20-24-19(22)25-26(20)12-13-6-2-1-3-7-13/h1-11H,12H2,(H,23,27). The van der Waals surface area contributed by atoms with Gasteiger partial charge in [-0.25, -0.2) is 4.68 Å². The lowest BCUT2D eigenvalue weighted by Crippen LogP contribution is -2.11. The van der Waals surface area contributed by atoms with Gasteiger partial charge in [-0.15, -0.1) is 5.10 Å². The van der Waals surface area contributed by atoms with E-state index < -0.39 is 0 Å². The molecule has 1 amide bonds. The first-order chi connectivity index (χ1) is 14.1. The van der Waals surface area contributed by atoms with Crippen LogP contribution in [0.15, 0.2) is 85.9 Å². The van der Waals surface area contributed by atoms with Crippen molar-refractivity contribution < 1.29 is 9.21 Å². The Bertz CT molecular complexity index is 1150. The third-order valence-corrected chi connectivity index (χ3v) is 5.57. The van der Waals surface area contributed by atoms with Crippen LogP contribution in [0.3, 0.4) is 0 Å². The zero-order valence-corrected chi connectivity index (χ0v) is 18.0. The predicted molar refractivity (Wildman–Crippen MR) is 116 cm³/mol. The molecule has 0 aliphatic heterocycles. The normalized spacial score (nSPS) is 10.8. The summed E-state index contributed by atoms with van der Waals surface area (Å²) in [6.07, 6.45) is 0. The molecule has 0 aliphatic rings. The molecule has 0 atom stereocenters. The number of aromatic nitrogens is 3. The average Bonchev–Trinajstić information content (AvgIpc) is 3.29. The highest BCUT2D eigenvalue weighted by atomic mass is 79.9. The molecular weight excluding hydrogens is 476 g/mol. The maximum atomic E-state index is 12.5. The molecule has 0 unspecified atom stereocenters. The van der Waals surface area contributed by atoms with E-state index in [1.54, 1.807) is 16.8 Å². The number of benzene rings is 2. The molecular formula is C20H14BrClN4O2S. The van der Waals surface area contributed by atoms with E-state index in [1.165, 1.54) is 11.8 Å². The molecule has 0 fully saturated rings. The number of hydrogen-bond acceptors (Lipinski definition) is 5. The summed E-state index contributed by atoms with van der Waals surface area (Å²) >= 11 is 10.6. The van der Waals surface area contributed by atoms with Crippen molar-refractivity contribution in [2.75, 3.05) is 5.32 Å². The van der Waals surface area contributed by atoms with Crippen LogP contribution < -0.4 is 5.32 Å². The fourth-order valence-electron chi connectivity index (χ4n) is 2.61. The summed E-state index contributed by atoms with van der Waals surface area (Å²) in [4.78, 5) is 17.6. The summed E-state index contributed by atoms with van der Waals surface area (Å²) in [7, 11) is 0. The van der Waals surface area contributed by atoms with Crippen molar-refractivity contribution in [3.63, 3.8) is 0 Å². The van der Waals surface area contributed by atoms with E-state index in [0.29, 0.717) is 22.1 Å². The molecule has 9 heteroatoms. The van der Waals surface area contributed by atoms with E-state index in [2.05, 4.69) is 31.3 Å². The summed E-state index contributed by atoms with van der Waals surface area (Å²) < 4.78 is 7.55. The van der Waals surface area contributed by atoms with E-state index in [1.807, 2.05) is 54.6 Å². The molecule has 6 nitrogen and oxygen atoms in total. The van der Waals surface area contributed by atoms with Crippen LogP contribution in [0.25, 0.3) is 0 Å². The van der Waals surface area contributed by atoms with Crippen molar-refractivity contribution in [2.24, 2.45) is 0 Å². The van der Waals surface area contributed by atoms with Crippen LogP contribution in [0.1, 0.15) is 16.1 Å². The minimum atomic E-state index is -0.340. The van der Waals surface area contributed by atoms with Gasteiger partial charge in [0.05, 0.1) is 12.2 Å². The Balaban J connectivity index is 1.57. The number of hydrogen-bond donors (Lipinski definition) is 1. The lowest BCUT2D eigenvalue weighted by atomic mass is 10.2. The number of anilines is 1. The molecule has 0 saturated carbocycles. The Hall–Kier alpha value is -2.55. The van der Waals surface area contributed by atoms with Gasteiger partial charge in [-0.05, 0) is 69.1 Å². The molecule has 0 bridgehead atoms. The van der Waals surface area contributed by atoms with Gasteiger partial charge >= 0.3 is 0 Å². The molecule has 4 rings (SSSR count). The fraction of sp³-hybridized carbons (Fsp3) is 0.0500. The van der Waals surface area contributed by atoms with Gasteiger partial charge in [-0.1, -0.05) is 42.5 Å². The maximum absolute atomic E-state index is 12.5. The number of nitrogens with zero attached hydrogens (tertiary/aromatic N) is 3. The van der Waals surface area contributed by atoms with Crippen LogP contribution >= 0.6 is 39.3 Å². The summed E-state index contributed by atoms with van der Waals surface area (Å²) in [5, 5.41) is 7.96. The van der Waals surface area contributed by atoms with Crippen LogP contribution in [0.5, 0.6) is 0 Å². The second-order valence-electron chi connectivity index (χ2n) is 5.96. The van der Waals surface area contributed by atoms with Crippen LogP contribution in [-0.4, -0.2) is 20.7 Å². The van der Waals surface area contributed by atoms with E-state index >= 15 is 0 Å². The molecule has 0 aliphatic carbocycles. The highest BCUT2D eigenvalue weighted by Gasteiger charge is 2.16. The third-order valence-electron chi connectivity index (χ3n) is 3.92. The van der Waals surface area contributed by atoms with E-state index in [0.717, 1.165) is 10.5 Å². The summed E-state index contributed by atoms with van der Waals surface area (Å²) in [5.74, 6) is -0.125. The smallest absolute Gasteiger partial charge is 0.291 e. The second kappa shape index (κ2) is 8.86. The van der Waals surface area contributed by atoms with Crippen molar-refractivity contribution in [3.05, 3.63) is 88.0 Å². The molecule has 29 heavy (non-hydrogen) atoms. The van der Waals surface area contributed by atoms with Crippen LogP contribution in [0.4, 0.5) is 5.69 Å². The van der Waals surface area contributed by atoms with E-state index in [4.69, 9.17) is 16.0 Å². The van der Waals surface area contributed by atoms with Gasteiger partial charge in [0.1, 0.15) is 0 Å². The Morgan fingerprint density at radius 2 is 1.86 bits per heavy atom. The highest BCUT2D eigenvalue weighted by molar-refractivity contribution is 9.10. The monoisotopic (exact) mass is 488 g/mol. The Morgan fingerprint density at radius 3 is 2.62 bits per heavy atom. The first-order valence-electron chi connectivity index (χ1n) is 8.56. The molecule has 1 N–H and O–H groups in total. The van der Waals surface area contributed by atoms with Crippen molar-refractivity contribution in [1.29, 1.82) is 0 Å². The van der Waals surface area contributed by atoms with Gasteiger partial charge in [0.15, 0.2) is 15.6 Å². The molecule has 2 heterocycles. The van der Waals surface area contributed by atoms with Gasteiger partial charge in [-0.2, -0.15) is 4.98 Å². The number of nitrogens with one attached hydrogen (secondary N) is 1. The quantitative estimate of drug-likeness (QED) is 0.374. The number of carbonyl (C=O) groups is 1. The number of furan rings is 1. The Labute approximate surface area is 184 Å². The minimum absolute atomic E-state index is 0.172. The first-order valence-corrected chi connectivity index (χ1v) is 10.5. The van der Waals surface area contributed by atoms with Gasteiger partial charge in [0.25, 0.3) is 5.91 Å². The van der Waals surface area contributed by atoms with Crippen LogP contribution in [0, 0.1) is 0 Å². The average molecular weight is 490 g/mol. The number of rotatable bonds is 6. The van der Waals surface area contributed by atoms with Crippen molar-refractivity contribution >= 4 is 50.9 Å². The predicted octanol–water partition coefficient (Wildman–Crippen LogP) is 5.74. The highest BCUT2D eigenvalue weighted by Crippen LogP contribution is 2.33. The summed E-state index contributed by atoms with van der Waals surface area (Å²) in [5.41, 5.74) is 1.72. The van der Waals surface area contributed by atoms with Gasteiger partial charge in [0, 0.05) is 4.90 Å². The Kier molecular flexibility index (Phi) is 6.03. The van der Waals surface area contributed by atoms with Gasteiger partial charge in [-0.3, -0.25) is 4.79 Å². The van der Waals surface area contributed by atoms with Crippen molar-refractivity contribution in [1.82, 2.24) is 14.8 Å². The van der Waals surface area contributed by atoms with E-state index in [9.17, 15) is 4.79 Å². The molecule has 0 radical (unpaired) electrons. The van der Waals surface area contributed by atoms with Crippen LogP contribution in [0.2, 0.25) is 5.28 Å². The molecule has 0 saturated heterocycles. The summed E-state index contributed by atoms with van der Waals surface area (Å²) in [6.45, 7) is 0.540. The summed E-state index contributed by atoms with van der Waals surface area (Å²) in [6, 6.07) is 20.7. The van der Waals surface area contributed by atoms with Crippen molar-refractivity contribution in [3.8, 4) is 0 Å². The third kappa shape index (κ3) is 4.90. The first kappa shape index (κ1) is 19.8. The minimum Gasteiger partial charge on any atom is -0.444 e. The fourth-order valence-corrected chi connectivity index (χ4v) is 4.06. The molecule has 4 aromatic rings. The lowest BCUT2D eigenvalue weighted by molar-refractivity contribution is 0.0995. The topological polar surface area (TPSA) is 73.0 Å².